The van der Waals surface area contributed by atoms with Gasteiger partial charge in [0.05, 0.1) is 6.21 Å². The molecule has 3 aromatic rings. The summed E-state index contributed by atoms with van der Waals surface area (Å²) in [6.45, 7) is 6.49. The summed E-state index contributed by atoms with van der Waals surface area (Å²) in [6, 6.07) is 18.0. The van der Waals surface area contributed by atoms with Crippen LogP contribution in [0.3, 0.4) is 0 Å². The standard InChI is InChI=1S/C21H22N4O/c1-15-4-6-19(7-5-15)14-26-20-10-8-18(9-11-20)13-22-25-21-23-16(2)12-17(3)24-21/h4-13H,14H2,1-3H3,(H,23,24,25). The minimum absolute atomic E-state index is 0.497. The monoisotopic (exact) mass is 346 g/mol. The molecule has 1 heterocycles. The smallest absolute Gasteiger partial charge is 0.243 e. The molecular formula is C21H22N4O. The molecule has 3 rings (SSSR count). The number of rotatable bonds is 6. The molecule has 26 heavy (non-hydrogen) atoms. The van der Waals surface area contributed by atoms with Gasteiger partial charge in [0.1, 0.15) is 12.4 Å². The van der Waals surface area contributed by atoms with E-state index < -0.39 is 0 Å². The lowest BCUT2D eigenvalue weighted by molar-refractivity contribution is 0.306. The first-order valence-corrected chi connectivity index (χ1v) is 8.48. The van der Waals surface area contributed by atoms with Gasteiger partial charge in [0.2, 0.25) is 5.95 Å². The minimum Gasteiger partial charge on any atom is -0.489 e. The highest BCUT2D eigenvalue weighted by Crippen LogP contribution is 2.14. The molecule has 2 aromatic carbocycles. The number of hydrazone groups is 1. The van der Waals surface area contributed by atoms with Crippen molar-refractivity contribution in [3.8, 4) is 5.75 Å². The number of hydrogen-bond acceptors (Lipinski definition) is 5. The van der Waals surface area contributed by atoms with E-state index in [9.17, 15) is 0 Å². The second-order valence-electron chi connectivity index (χ2n) is 6.19. The molecule has 0 saturated carbocycles. The van der Waals surface area contributed by atoms with Crippen LogP contribution >= 0.6 is 0 Å². The normalized spacial score (nSPS) is 10.9. The highest BCUT2D eigenvalue weighted by Gasteiger charge is 1.98. The zero-order valence-corrected chi connectivity index (χ0v) is 15.2. The molecule has 0 radical (unpaired) electrons. The van der Waals surface area contributed by atoms with E-state index in [-0.39, 0.29) is 0 Å². The van der Waals surface area contributed by atoms with Crippen LogP contribution in [0.25, 0.3) is 0 Å². The van der Waals surface area contributed by atoms with Crippen molar-refractivity contribution in [2.45, 2.75) is 27.4 Å². The zero-order valence-electron chi connectivity index (χ0n) is 15.2. The van der Waals surface area contributed by atoms with Gasteiger partial charge in [-0.15, -0.1) is 0 Å². The number of aryl methyl sites for hydroxylation is 3. The average Bonchev–Trinajstić information content (AvgIpc) is 2.62. The van der Waals surface area contributed by atoms with Crippen LogP contribution in [0.5, 0.6) is 5.75 Å². The lowest BCUT2D eigenvalue weighted by Gasteiger charge is -2.07. The van der Waals surface area contributed by atoms with Crippen LogP contribution in [0.1, 0.15) is 28.1 Å². The second kappa shape index (κ2) is 8.25. The van der Waals surface area contributed by atoms with E-state index in [0.29, 0.717) is 12.6 Å². The SMILES string of the molecule is Cc1ccc(COc2ccc(C=NNc3nc(C)cc(C)n3)cc2)cc1. The molecule has 0 fully saturated rings. The Kier molecular flexibility index (Phi) is 5.59. The maximum Gasteiger partial charge on any atom is 0.243 e. The lowest BCUT2D eigenvalue weighted by Crippen LogP contribution is -1.99. The number of anilines is 1. The second-order valence-corrected chi connectivity index (χ2v) is 6.19. The van der Waals surface area contributed by atoms with Gasteiger partial charge < -0.3 is 4.74 Å². The van der Waals surface area contributed by atoms with Gasteiger partial charge in [-0.05, 0) is 62.2 Å². The number of aromatic nitrogens is 2. The van der Waals surface area contributed by atoms with E-state index in [1.807, 2.05) is 44.2 Å². The Morgan fingerprint density at radius 1 is 0.923 bits per heavy atom. The van der Waals surface area contributed by atoms with Gasteiger partial charge in [-0.2, -0.15) is 5.10 Å². The third-order valence-electron chi connectivity index (χ3n) is 3.77. The van der Waals surface area contributed by atoms with Crippen LogP contribution < -0.4 is 10.2 Å². The van der Waals surface area contributed by atoms with Crippen LogP contribution in [0.4, 0.5) is 5.95 Å². The molecule has 0 saturated heterocycles. The Labute approximate surface area is 153 Å². The van der Waals surface area contributed by atoms with E-state index in [0.717, 1.165) is 28.3 Å². The van der Waals surface area contributed by atoms with Crippen LogP contribution in [-0.2, 0) is 6.61 Å². The van der Waals surface area contributed by atoms with Crippen molar-refractivity contribution in [3.63, 3.8) is 0 Å². The van der Waals surface area contributed by atoms with Gasteiger partial charge in [-0.25, -0.2) is 15.4 Å². The summed E-state index contributed by atoms with van der Waals surface area (Å²) < 4.78 is 5.81. The zero-order chi connectivity index (χ0) is 18.4. The van der Waals surface area contributed by atoms with E-state index in [2.05, 4.69) is 51.7 Å². The Hall–Kier alpha value is -3.21. The molecule has 0 spiro atoms. The Balaban J connectivity index is 1.54. The molecule has 0 atom stereocenters. The van der Waals surface area contributed by atoms with Gasteiger partial charge in [0.15, 0.2) is 0 Å². The van der Waals surface area contributed by atoms with Crippen molar-refractivity contribution in [1.29, 1.82) is 0 Å². The van der Waals surface area contributed by atoms with Crippen LogP contribution in [-0.4, -0.2) is 16.2 Å². The molecule has 1 aromatic heterocycles. The summed E-state index contributed by atoms with van der Waals surface area (Å²) in [5, 5.41) is 4.18. The van der Waals surface area contributed by atoms with Crippen molar-refractivity contribution < 1.29 is 4.74 Å². The topological polar surface area (TPSA) is 59.4 Å². The van der Waals surface area contributed by atoms with Crippen LogP contribution in [0.2, 0.25) is 0 Å². The third kappa shape index (κ3) is 5.14. The summed E-state index contributed by atoms with van der Waals surface area (Å²) in [5.41, 5.74) is 8.03. The number of benzene rings is 2. The van der Waals surface area contributed by atoms with Crippen molar-refractivity contribution in [1.82, 2.24) is 9.97 Å². The van der Waals surface area contributed by atoms with E-state index >= 15 is 0 Å². The third-order valence-corrected chi connectivity index (χ3v) is 3.77. The van der Waals surface area contributed by atoms with Crippen molar-refractivity contribution in [3.05, 3.63) is 82.7 Å². The predicted octanol–water partition coefficient (Wildman–Crippen LogP) is 4.43. The summed E-state index contributed by atoms with van der Waals surface area (Å²) in [5.74, 6) is 1.32. The van der Waals surface area contributed by atoms with Crippen molar-refractivity contribution in [2.75, 3.05) is 5.43 Å². The van der Waals surface area contributed by atoms with Gasteiger partial charge >= 0.3 is 0 Å². The fourth-order valence-electron chi connectivity index (χ4n) is 2.44. The number of hydrogen-bond donors (Lipinski definition) is 1. The summed E-state index contributed by atoms with van der Waals surface area (Å²) in [4.78, 5) is 8.56. The van der Waals surface area contributed by atoms with Crippen LogP contribution in [0.15, 0.2) is 59.7 Å². The fourth-order valence-corrected chi connectivity index (χ4v) is 2.44. The Morgan fingerprint density at radius 3 is 2.23 bits per heavy atom. The molecule has 5 nitrogen and oxygen atoms in total. The maximum atomic E-state index is 5.81. The van der Waals surface area contributed by atoms with Gasteiger partial charge in [0, 0.05) is 11.4 Å². The van der Waals surface area contributed by atoms with Gasteiger partial charge in [0.25, 0.3) is 0 Å². The summed E-state index contributed by atoms with van der Waals surface area (Å²) in [6.07, 6.45) is 1.73. The first-order valence-electron chi connectivity index (χ1n) is 8.48. The molecule has 1 N–H and O–H groups in total. The molecule has 0 bridgehead atoms. The quantitative estimate of drug-likeness (QED) is 0.530. The first-order chi connectivity index (χ1) is 12.6. The van der Waals surface area contributed by atoms with Crippen molar-refractivity contribution in [2.24, 2.45) is 5.10 Å². The average molecular weight is 346 g/mol. The number of nitrogens with one attached hydrogen (secondary N) is 1. The minimum atomic E-state index is 0.497. The summed E-state index contributed by atoms with van der Waals surface area (Å²) >= 11 is 0. The fraction of sp³-hybridized carbons (Fsp3) is 0.190. The van der Waals surface area contributed by atoms with E-state index in [1.54, 1.807) is 6.21 Å². The first kappa shape index (κ1) is 17.6. The predicted molar refractivity (Wildman–Crippen MR) is 105 cm³/mol. The van der Waals surface area contributed by atoms with E-state index in [4.69, 9.17) is 4.74 Å². The molecule has 0 amide bonds. The molecule has 0 aliphatic rings. The number of ether oxygens (including phenoxy) is 1. The number of nitrogens with zero attached hydrogens (tertiary/aromatic N) is 3. The molecule has 132 valence electrons. The molecule has 0 aliphatic heterocycles. The molecule has 0 unspecified atom stereocenters. The van der Waals surface area contributed by atoms with E-state index in [1.165, 1.54) is 5.56 Å². The molecular weight excluding hydrogens is 324 g/mol. The van der Waals surface area contributed by atoms with Gasteiger partial charge in [-0.1, -0.05) is 29.8 Å². The Bertz CT molecular complexity index is 867. The Morgan fingerprint density at radius 2 is 1.58 bits per heavy atom. The highest BCUT2D eigenvalue weighted by molar-refractivity contribution is 5.80. The maximum absolute atomic E-state index is 5.81. The summed E-state index contributed by atoms with van der Waals surface area (Å²) in [7, 11) is 0. The molecule has 0 aliphatic carbocycles. The largest absolute Gasteiger partial charge is 0.489 e. The van der Waals surface area contributed by atoms with Crippen molar-refractivity contribution >= 4 is 12.2 Å². The van der Waals surface area contributed by atoms with Crippen LogP contribution in [0, 0.1) is 20.8 Å². The highest BCUT2D eigenvalue weighted by atomic mass is 16.5. The van der Waals surface area contributed by atoms with Gasteiger partial charge in [-0.3, -0.25) is 0 Å². The lowest BCUT2D eigenvalue weighted by atomic mass is 10.2. The molecule has 5 heteroatoms.